The highest BCUT2D eigenvalue weighted by molar-refractivity contribution is 5.91. The molecule has 112 valence electrons. The number of phenols is 1. The second-order valence-corrected chi connectivity index (χ2v) is 5.34. The number of aromatic hydroxyl groups is 1. The zero-order valence-electron chi connectivity index (χ0n) is 12.4. The van der Waals surface area contributed by atoms with Gasteiger partial charge in [-0.1, -0.05) is 64.0 Å². The van der Waals surface area contributed by atoms with Crippen LogP contribution < -0.4 is 0 Å². The van der Waals surface area contributed by atoms with E-state index in [1.165, 1.54) is 44.6 Å². The van der Waals surface area contributed by atoms with E-state index < -0.39 is 5.97 Å². The number of rotatable bonds is 10. The molecule has 0 radical (unpaired) electrons. The number of hydrogen-bond acceptors (Lipinski definition) is 2. The molecule has 0 saturated heterocycles. The molecule has 0 fully saturated rings. The van der Waals surface area contributed by atoms with Crippen LogP contribution in [0.3, 0.4) is 0 Å². The number of carboxylic acids is 1. The van der Waals surface area contributed by atoms with Gasteiger partial charge in [0.25, 0.3) is 0 Å². The Morgan fingerprint density at radius 3 is 2.20 bits per heavy atom. The summed E-state index contributed by atoms with van der Waals surface area (Å²) in [6.45, 7) is 2.22. The zero-order chi connectivity index (χ0) is 14.8. The quantitative estimate of drug-likeness (QED) is 0.606. The topological polar surface area (TPSA) is 57.5 Å². The third-order valence-electron chi connectivity index (χ3n) is 3.65. The van der Waals surface area contributed by atoms with Crippen molar-refractivity contribution in [3.63, 3.8) is 0 Å². The van der Waals surface area contributed by atoms with Crippen LogP contribution in [0.25, 0.3) is 0 Å². The van der Waals surface area contributed by atoms with Crippen LogP contribution in [0.5, 0.6) is 5.75 Å². The van der Waals surface area contributed by atoms with Crippen molar-refractivity contribution in [2.45, 2.75) is 64.7 Å². The van der Waals surface area contributed by atoms with Crippen molar-refractivity contribution in [1.82, 2.24) is 0 Å². The van der Waals surface area contributed by atoms with Crippen LogP contribution in [0, 0.1) is 0 Å². The van der Waals surface area contributed by atoms with Gasteiger partial charge >= 0.3 is 5.97 Å². The Labute approximate surface area is 121 Å². The molecule has 3 heteroatoms. The maximum absolute atomic E-state index is 10.9. The number of carboxylic acid groups (broad SMARTS) is 1. The number of para-hydroxylation sites is 1. The minimum absolute atomic E-state index is 0.00191. The van der Waals surface area contributed by atoms with Gasteiger partial charge < -0.3 is 10.2 Å². The fourth-order valence-electron chi connectivity index (χ4n) is 2.41. The van der Waals surface area contributed by atoms with Gasteiger partial charge in [0.05, 0.1) is 0 Å². The van der Waals surface area contributed by atoms with Gasteiger partial charge in [-0.15, -0.1) is 0 Å². The number of unbranched alkanes of at least 4 members (excludes halogenated alkanes) is 7. The summed E-state index contributed by atoms with van der Waals surface area (Å²) in [6.07, 6.45) is 10.7. The molecule has 0 unspecified atom stereocenters. The van der Waals surface area contributed by atoms with Crippen molar-refractivity contribution in [1.29, 1.82) is 0 Å². The predicted octanol–water partition coefficient (Wildman–Crippen LogP) is 4.77. The van der Waals surface area contributed by atoms with E-state index in [1.54, 1.807) is 6.07 Å². The monoisotopic (exact) mass is 278 g/mol. The van der Waals surface area contributed by atoms with E-state index >= 15 is 0 Å². The number of hydrogen-bond donors (Lipinski definition) is 2. The van der Waals surface area contributed by atoms with Crippen LogP contribution in [0.15, 0.2) is 18.2 Å². The molecule has 0 aliphatic heterocycles. The summed E-state index contributed by atoms with van der Waals surface area (Å²) in [5, 5.41) is 18.8. The molecule has 0 amide bonds. The first-order valence-electron chi connectivity index (χ1n) is 7.71. The fourth-order valence-corrected chi connectivity index (χ4v) is 2.41. The molecule has 20 heavy (non-hydrogen) atoms. The van der Waals surface area contributed by atoms with Crippen molar-refractivity contribution >= 4 is 5.97 Å². The molecule has 3 nitrogen and oxygen atoms in total. The summed E-state index contributed by atoms with van der Waals surface area (Å²) < 4.78 is 0. The van der Waals surface area contributed by atoms with Gasteiger partial charge in [0.2, 0.25) is 0 Å². The molecule has 0 heterocycles. The largest absolute Gasteiger partial charge is 0.507 e. The van der Waals surface area contributed by atoms with E-state index in [2.05, 4.69) is 6.92 Å². The van der Waals surface area contributed by atoms with Crippen LogP contribution in [0.2, 0.25) is 0 Å². The zero-order valence-corrected chi connectivity index (χ0v) is 12.4. The minimum atomic E-state index is -1.07. The standard InChI is InChI=1S/C17H26O3/c1-2-3-4-5-6-7-8-9-11-14-12-10-13-15(16(14)18)17(19)20/h10,12-13,18H,2-9,11H2,1H3,(H,19,20). The highest BCUT2D eigenvalue weighted by atomic mass is 16.4. The van der Waals surface area contributed by atoms with Crippen LogP contribution in [0.4, 0.5) is 0 Å². The van der Waals surface area contributed by atoms with Gasteiger partial charge in [-0.25, -0.2) is 4.79 Å². The summed E-state index contributed by atoms with van der Waals surface area (Å²) >= 11 is 0. The van der Waals surface area contributed by atoms with Crippen molar-refractivity contribution in [3.05, 3.63) is 29.3 Å². The SMILES string of the molecule is CCCCCCCCCCc1cccc(C(=O)O)c1O. The van der Waals surface area contributed by atoms with Gasteiger partial charge in [0, 0.05) is 0 Å². The number of carbonyl (C=O) groups is 1. The number of benzene rings is 1. The van der Waals surface area contributed by atoms with Crippen LogP contribution >= 0.6 is 0 Å². The second kappa shape index (κ2) is 9.40. The van der Waals surface area contributed by atoms with E-state index in [0.29, 0.717) is 0 Å². The Balaban J connectivity index is 2.25. The van der Waals surface area contributed by atoms with Gasteiger partial charge in [0.15, 0.2) is 0 Å². The molecule has 1 aromatic rings. The van der Waals surface area contributed by atoms with E-state index in [9.17, 15) is 9.90 Å². The Hall–Kier alpha value is -1.51. The van der Waals surface area contributed by atoms with Crippen molar-refractivity contribution in [2.24, 2.45) is 0 Å². The first kappa shape index (κ1) is 16.5. The third-order valence-corrected chi connectivity index (χ3v) is 3.65. The lowest BCUT2D eigenvalue weighted by molar-refractivity contribution is 0.0693. The summed E-state index contributed by atoms with van der Waals surface area (Å²) in [7, 11) is 0. The van der Waals surface area contributed by atoms with Gasteiger partial charge in [-0.3, -0.25) is 0 Å². The van der Waals surface area contributed by atoms with Gasteiger partial charge in [0.1, 0.15) is 11.3 Å². The molecule has 1 aromatic carbocycles. The lowest BCUT2D eigenvalue weighted by atomic mass is 10.0. The third kappa shape index (κ3) is 5.64. The first-order valence-corrected chi connectivity index (χ1v) is 7.71. The summed E-state index contributed by atoms with van der Waals surface area (Å²) in [4.78, 5) is 10.9. The van der Waals surface area contributed by atoms with E-state index in [-0.39, 0.29) is 11.3 Å². The maximum Gasteiger partial charge on any atom is 0.339 e. The second-order valence-electron chi connectivity index (χ2n) is 5.34. The minimum Gasteiger partial charge on any atom is -0.507 e. The molecule has 2 N–H and O–H groups in total. The van der Waals surface area contributed by atoms with Crippen molar-refractivity contribution in [2.75, 3.05) is 0 Å². The molecular formula is C17H26O3. The van der Waals surface area contributed by atoms with E-state index in [4.69, 9.17) is 5.11 Å². The van der Waals surface area contributed by atoms with Crippen molar-refractivity contribution < 1.29 is 15.0 Å². The molecule has 0 aromatic heterocycles. The Kier molecular flexibility index (Phi) is 7.78. The van der Waals surface area contributed by atoms with Gasteiger partial charge in [-0.05, 0) is 24.5 Å². The fraction of sp³-hybridized carbons (Fsp3) is 0.588. The molecule has 0 spiro atoms. The number of aromatic carboxylic acids is 1. The van der Waals surface area contributed by atoms with E-state index in [1.807, 2.05) is 6.07 Å². The van der Waals surface area contributed by atoms with Crippen LogP contribution in [0.1, 0.15) is 74.2 Å². The highest BCUT2D eigenvalue weighted by Gasteiger charge is 2.12. The smallest absolute Gasteiger partial charge is 0.339 e. The average Bonchev–Trinajstić information content (AvgIpc) is 2.43. The highest BCUT2D eigenvalue weighted by Crippen LogP contribution is 2.24. The Morgan fingerprint density at radius 1 is 1.00 bits per heavy atom. The van der Waals surface area contributed by atoms with Crippen molar-refractivity contribution in [3.8, 4) is 5.75 Å². The molecular weight excluding hydrogens is 252 g/mol. The van der Waals surface area contributed by atoms with Gasteiger partial charge in [-0.2, -0.15) is 0 Å². The van der Waals surface area contributed by atoms with E-state index in [0.717, 1.165) is 24.8 Å². The van der Waals surface area contributed by atoms with Crippen LogP contribution in [-0.4, -0.2) is 16.2 Å². The predicted molar refractivity (Wildman–Crippen MR) is 81.4 cm³/mol. The average molecular weight is 278 g/mol. The maximum atomic E-state index is 10.9. The first-order chi connectivity index (χ1) is 9.66. The summed E-state index contributed by atoms with van der Waals surface area (Å²) in [6, 6.07) is 4.95. The number of aryl methyl sites for hydroxylation is 1. The Bertz CT molecular complexity index is 413. The van der Waals surface area contributed by atoms with Crippen LogP contribution in [-0.2, 0) is 6.42 Å². The lowest BCUT2D eigenvalue weighted by Gasteiger charge is -2.07. The molecule has 0 aliphatic carbocycles. The molecule has 0 bridgehead atoms. The molecule has 0 atom stereocenters. The molecule has 0 aliphatic rings. The summed E-state index contributed by atoms with van der Waals surface area (Å²) in [5.74, 6) is -1.14. The normalized spacial score (nSPS) is 10.7. The Morgan fingerprint density at radius 2 is 1.60 bits per heavy atom. The lowest BCUT2D eigenvalue weighted by Crippen LogP contribution is -1.99. The molecule has 0 saturated carbocycles. The summed E-state index contributed by atoms with van der Waals surface area (Å²) in [5.41, 5.74) is 0.748. The molecule has 1 rings (SSSR count).